The number of benzene rings is 1. The smallest absolute Gasteiger partial charge is 0.237 e. The molecule has 0 radical (unpaired) electrons. The van der Waals surface area contributed by atoms with E-state index >= 15 is 0 Å². The van der Waals surface area contributed by atoms with Crippen molar-refractivity contribution >= 4 is 5.91 Å². The van der Waals surface area contributed by atoms with Crippen molar-refractivity contribution in [3.8, 4) is 5.75 Å². The Labute approximate surface area is 185 Å². The summed E-state index contributed by atoms with van der Waals surface area (Å²) in [4.78, 5) is 19.6. The summed E-state index contributed by atoms with van der Waals surface area (Å²) in [5.74, 6) is 1.33. The van der Waals surface area contributed by atoms with Crippen molar-refractivity contribution in [1.29, 1.82) is 0 Å². The van der Waals surface area contributed by atoms with Gasteiger partial charge < -0.3 is 20.6 Å². The maximum Gasteiger partial charge on any atom is 0.237 e. The molecule has 1 aromatic carbocycles. The maximum atomic E-state index is 13.0. The number of phenolic OH excluding ortho intramolecular Hbond substituents is 1. The van der Waals surface area contributed by atoms with Crippen LogP contribution in [0.25, 0.3) is 0 Å². The Hall–Kier alpha value is -2.44. The topological polar surface area (TPSA) is 77.5 Å². The monoisotopic (exact) mass is 422 g/mol. The fraction of sp³-hybridized carbons (Fsp3) is 0.520. The number of carbonyl (C=O) groups is 1. The van der Waals surface area contributed by atoms with Gasteiger partial charge in [-0.1, -0.05) is 19.9 Å². The number of hydrogen-bond donors (Lipinski definition) is 3. The Balaban J connectivity index is 1.30. The van der Waals surface area contributed by atoms with Crippen molar-refractivity contribution < 1.29 is 9.90 Å². The van der Waals surface area contributed by atoms with Crippen LogP contribution in [0, 0.1) is 5.92 Å². The second-order valence-corrected chi connectivity index (χ2v) is 9.31. The van der Waals surface area contributed by atoms with Crippen LogP contribution in [0.15, 0.2) is 42.7 Å². The molecule has 1 fully saturated rings. The zero-order chi connectivity index (χ0) is 21.8. The van der Waals surface area contributed by atoms with Crippen molar-refractivity contribution in [3.63, 3.8) is 0 Å². The molecule has 0 spiro atoms. The minimum Gasteiger partial charge on any atom is -0.508 e. The Bertz CT molecular complexity index is 878. The standard InChI is InChI=1S/C25H34N4O2/c1-17(2)24(16-29-11-7-19(8-12-29)18-5-9-26-10-6-18)28-25(31)23-14-20-3-4-22(30)13-21(20)15-27-23/h3-6,9-10,13,17,19,23-24,27,30H,7-8,11-12,14-16H2,1-2H3,(H,28,31)/t23-,24-/m1/s1. The number of carbonyl (C=O) groups excluding carboxylic acids is 1. The number of piperidine rings is 1. The third kappa shape index (κ3) is 5.43. The lowest BCUT2D eigenvalue weighted by atomic mass is 9.89. The zero-order valence-electron chi connectivity index (χ0n) is 18.6. The number of aromatic nitrogens is 1. The number of rotatable bonds is 6. The van der Waals surface area contributed by atoms with Gasteiger partial charge in [0.15, 0.2) is 0 Å². The predicted octanol–water partition coefficient (Wildman–Crippen LogP) is 2.82. The summed E-state index contributed by atoms with van der Waals surface area (Å²) in [6, 6.07) is 9.58. The van der Waals surface area contributed by atoms with E-state index < -0.39 is 0 Å². The summed E-state index contributed by atoms with van der Waals surface area (Å²) in [6.07, 6.45) is 6.72. The van der Waals surface area contributed by atoms with Gasteiger partial charge in [0.2, 0.25) is 5.91 Å². The third-order valence-electron chi connectivity index (χ3n) is 6.82. The van der Waals surface area contributed by atoms with Crippen LogP contribution in [0.1, 0.15) is 49.3 Å². The van der Waals surface area contributed by atoms with Gasteiger partial charge in [-0.05, 0) is 85.1 Å². The first-order valence-corrected chi connectivity index (χ1v) is 11.5. The fourth-order valence-corrected chi connectivity index (χ4v) is 4.76. The van der Waals surface area contributed by atoms with Gasteiger partial charge in [-0.2, -0.15) is 0 Å². The normalized spacial score (nSPS) is 20.9. The molecule has 1 amide bonds. The van der Waals surface area contributed by atoms with Crippen molar-refractivity contribution in [2.75, 3.05) is 19.6 Å². The molecule has 31 heavy (non-hydrogen) atoms. The van der Waals surface area contributed by atoms with Gasteiger partial charge in [-0.15, -0.1) is 0 Å². The number of phenols is 1. The molecule has 3 heterocycles. The summed E-state index contributed by atoms with van der Waals surface area (Å²) < 4.78 is 0. The van der Waals surface area contributed by atoms with E-state index in [4.69, 9.17) is 0 Å². The Kier molecular flexibility index (Phi) is 6.88. The molecule has 0 aliphatic carbocycles. The summed E-state index contributed by atoms with van der Waals surface area (Å²) in [5.41, 5.74) is 3.60. The molecule has 2 aliphatic rings. The van der Waals surface area contributed by atoms with E-state index in [0.717, 1.165) is 43.6 Å². The van der Waals surface area contributed by atoms with Crippen LogP contribution in [0.5, 0.6) is 5.75 Å². The molecule has 0 unspecified atom stereocenters. The van der Waals surface area contributed by atoms with Crippen LogP contribution in [-0.4, -0.2) is 52.6 Å². The van der Waals surface area contributed by atoms with Crippen LogP contribution in [0.3, 0.4) is 0 Å². The van der Waals surface area contributed by atoms with E-state index in [1.54, 1.807) is 12.1 Å². The molecule has 3 N–H and O–H groups in total. The van der Waals surface area contributed by atoms with Crippen LogP contribution in [0.4, 0.5) is 0 Å². The summed E-state index contributed by atoms with van der Waals surface area (Å²) in [5, 5.41) is 16.3. The molecule has 1 aromatic heterocycles. The molecule has 2 aromatic rings. The van der Waals surface area contributed by atoms with Crippen LogP contribution in [0.2, 0.25) is 0 Å². The number of aromatic hydroxyl groups is 1. The van der Waals surface area contributed by atoms with Crippen molar-refractivity contribution in [3.05, 3.63) is 59.4 Å². The lowest BCUT2D eigenvalue weighted by Crippen LogP contribution is -2.54. The molecule has 0 saturated carbocycles. The number of nitrogens with zero attached hydrogens (tertiary/aromatic N) is 2. The molecule has 2 atom stereocenters. The van der Waals surface area contributed by atoms with E-state index in [1.807, 2.05) is 18.5 Å². The first-order valence-electron chi connectivity index (χ1n) is 11.5. The molecular formula is C25H34N4O2. The highest BCUT2D eigenvalue weighted by Crippen LogP contribution is 2.28. The zero-order valence-corrected chi connectivity index (χ0v) is 18.6. The minimum absolute atomic E-state index is 0.0732. The van der Waals surface area contributed by atoms with Gasteiger partial charge in [-0.3, -0.25) is 9.78 Å². The predicted molar refractivity (Wildman–Crippen MR) is 122 cm³/mol. The van der Waals surface area contributed by atoms with Gasteiger partial charge in [0, 0.05) is 31.5 Å². The summed E-state index contributed by atoms with van der Waals surface area (Å²) >= 11 is 0. The van der Waals surface area contributed by atoms with Crippen LogP contribution < -0.4 is 10.6 Å². The fourth-order valence-electron chi connectivity index (χ4n) is 4.76. The highest BCUT2D eigenvalue weighted by Gasteiger charge is 2.29. The molecule has 6 heteroatoms. The Morgan fingerprint density at radius 2 is 1.94 bits per heavy atom. The molecule has 0 bridgehead atoms. The Morgan fingerprint density at radius 1 is 1.19 bits per heavy atom. The molecule has 1 saturated heterocycles. The molecular weight excluding hydrogens is 388 g/mol. The Morgan fingerprint density at radius 3 is 2.65 bits per heavy atom. The number of pyridine rings is 1. The van der Waals surface area contributed by atoms with Crippen LogP contribution in [-0.2, 0) is 17.8 Å². The second-order valence-electron chi connectivity index (χ2n) is 9.31. The lowest BCUT2D eigenvalue weighted by molar-refractivity contribution is -0.124. The number of fused-ring (bicyclic) bond motifs is 1. The van der Waals surface area contributed by atoms with E-state index in [1.165, 1.54) is 5.56 Å². The van der Waals surface area contributed by atoms with E-state index in [2.05, 4.69) is 46.5 Å². The molecule has 2 aliphatic heterocycles. The van der Waals surface area contributed by atoms with Gasteiger partial charge in [0.05, 0.1) is 6.04 Å². The first kappa shape index (κ1) is 21.8. The van der Waals surface area contributed by atoms with Gasteiger partial charge >= 0.3 is 0 Å². The number of amides is 1. The van der Waals surface area contributed by atoms with Crippen molar-refractivity contribution in [2.24, 2.45) is 5.92 Å². The molecule has 6 nitrogen and oxygen atoms in total. The van der Waals surface area contributed by atoms with Gasteiger partial charge in [-0.25, -0.2) is 0 Å². The van der Waals surface area contributed by atoms with Crippen molar-refractivity contribution in [2.45, 2.75) is 57.7 Å². The lowest BCUT2D eigenvalue weighted by Gasteiger charge is -2.36. The second kappa shape index (κ2) is 9.79. The first-order chi connectivity index (χ1) is 15.0. The average molecular weight is 423 g/mol. The maximum absolute atomic E-state index is 13.0. The number of likely N-dealkylation sites (tertiary alicyclic amines) is 1. The van der Waals surface area contributed by atoms with E-state index in [0.29, 0.717) is 24.8 Å². The third-order valence-corrected chi connectivity index (χ3v) is 6.82. The summed E-state index contributed by atoms with van der Waals surface area (Å²) in [7, 11) is 0. The SMILES string of the molecule is CC(C)[C@@H](CN1CCC(c2ccncc2)CC1)NC(=O)[C@H]1Cc2ccc(O)cc2CN1. The number of hydrogen-bond acceptors (Lipinski definition) is 5. The van der Waals surface area contributed by atoms with Gasteiger partial charge in [0.25, 0.3) is 0 Å². The van der Waals surface area contributed by atoms with Crippen LogP contribution >= 0.6 is 0 Å². The molecule has 4 rings (SSSR count). The quantitative estimate of drug-likeness (QED) is 0.667. The highest BCUT2D eigenvalue weighted by atomic mass is 16.3. The van der Waals surface area contributed by atoms with E-state index in [9.17, 15) is 9.90 Å². The minimum atomic E-state index is -0.226. The largest absolute Gasteiger partial charge is 0.508 e. The van der Waals surface area contributed by atoms with Crippen molar-refractivity contribution in [1.82, 2.24) is 20.5 Å². The summed E-state index contributed by atoms with van der Waals surface area (Å²) in [6.45, 7) is 7.98. The van der Waals surface area contributed by atoms with Gasteiger partial charge in [0.1, 0.15) is 5.75 Å². The van der Waals surface area contributed by atoms with E-state index in [-0.39, 0.29) is 23.7 Å². The molecule has 166 valence electrons. The average Bonchev–Trinajstić information content (AvgIpc) is 2.79. The number of nitrogens with one attached hydrogen (secondary N) is 2. The highest BCUT2D eigenvalue weighted by molar-refractivity contribution is 5.82.